The Kier molecular flexibility index (Phi) is 4.94. The van der Waals surface area contributed by atoms with Crippen LogP contribution >= 0.6 is 0 Å². The molecule has 9 nitrogen and oxygen atoms in total. The predicted octanol–water partition coefficient (Wildman–Crippen LogP) is 3.88. The highest BCUT2D eigenvalue weighted by atomic mass is 16.6. The summed E-state index contributed by atoms with van der Waals surface area (Å²) in [5.41, 5.74) is 2.19. The van der Waals surface area contributed by atoms with Gasteiger partial charge in [0.25, 0.3) is 11.6 Å². The van der Waals surface area contributed by atoms with E-state index in [-0.39, 0.29) is 29.7 Å². The molecule has 1 aliphatic rings. The minimum Gasteiger partial charge on any atom is -0.454 e. The van der Waals surface area contributed by atoms with Crippen molar-refractivity contribution in [2.75, 3.05) is 5.32 Å². The normalized spacial score (nSPS) is 13.1. The summed E-state index contributed by atoms with van der Waals surface area (Å²) >= 11 is 0. The second-order valence-electron chi connectivity index (χ2n) is 6.87. The first kappa shape index (κ1) is 18.6. The smallest absolute Gasteiger partial charge is 0.338 e. The molecule has 1 N–H and O–H groups in total. The molecule has 0 spiro atoms. The molecule has 3 aromatic rings. The Hall–Kier alpha value is -3.75. The number of benzene rings is 2. The van der Waals surface area contributed by atoms with Gasteiger partial charge in [-0.1, -0.05) is 22.9 Å². The molecule has 0 amide bonds. The Morgan fingerprint density at radius 2 is 2.03 bits per heavy atom. The molecule has 0 unspecified atom stereocenters. The van der Waals surface area contributed by atoms with Gasteiger partial charge in [-0.05, 0) is 44.0 Å². The van der Waals surface area contributed by atoms with E-state index < -0.39 is 10.9 Å². The maximum atomic E-state index is 12.3. The summed E-state index contributed by atoms with van der Waals surface area (Å²) in [5, 5.41) is 18.2. The Bertz CT molecular complexity index is 1060. The summed E-state index contributed by atoms with van der Waals surface area (Å²) in [7, 11) is 0. The average molecular weight is 394 g/mol. The van der Waals surface area contributed by atoms with Gasteiger partial charge in [-0.15, -0.1) is 0 Å². The third-order valence-corrected chi connectivity index (χ3v) is 4.47. The number of esters is 1. The predicted molar refractivity (Wildman–Crippen MR) is 103 cm³/mol. The molecule has 0 bridgehead atoms. The van der Waals surface area contributed by atoms with Crippen molar-refractivity contribution in [1.29, 1.82) is 0 Å². The van der Waals surface area contributed by atoms with E-state index in [1.165, 1.54) is 18.2 Å². The zero-order valence-electron chi connectivity index (χ0n) is 15.6. The van der Waals surface area contributed by atoms with Crippen LogP contribution in [0.3, 0.4) is 0 Å². The monoisotopic (exact) mass is 394 g/mol. The molecule has 0 atom stereocenters. The van der Waals surface area contributed by atoms with Crippen molar-refractivity contribution in [3.8, 4) is 11.5 Å². The molecule has 4 rings (SSSR count). The molecule has 1 heterocycles. The molecular formula is C20H18N4O5. The summed E-state index contributed by atoms with van der Waals surface area (Å²) in [4.78, 5) is 27.3. The number of hydrogen-bond donors (Lipinski definition) is 1. The summed E-state index contributed by atoms with van der Waals surface area (Å²) in [6.07, 6.45) is 1.96. The highest BCUT2D eigenvalue weighted by Crippen LogP contribution is 2.31. The minimum atomic E-state index is -0.701. The molecule has 148 valence electrons. The lowest BCUT2D eigenvalue weighted by Gasteiger charge is -2.07. The molecule has 0 saturated heterocycles. The van der Waals surface area contributed by atoms with E-state index in [9.17, 15) is 14.9 Å². The third-order valence-electron chi connectivity index (χ3n) is 4.47. The summed E-state index contributed by atoms with van der Waals surface area (Å²) in [5.74, 6) is -0.176. The van der Waals surface area contributed by atoms with Gasteiger partial charge in [0.15, 0.2) is 6.61 Å². The van der Waals surface area contributed by atoms with E-state index in [4.69, 9.17) is 9.26 Å². The van der Waals surface area contributed by atoms with E-state index in [0.29, 0.717) is 11.6 Å². The lowest BCUT2D eigenvalue weighted by molar-refractivity contribution is -0.384. The number of aromatic nitrogens is 2. The van der Waals surface area contributed by atoms with Gasteiger partial charge >= 0.3 is 5.97 Å². The van der Waals surface area contributed by atoms with Gasteiger partial charge in [0.05, 0.1) is 10.5 Å². The van der Waals surface area contributed by atoms with E-state index in [1.807, 2.05) is 31.2 Å². The number of nitrogens with one attached hydrogen (secondary N) is 1. The van der Waals surface area contributed by atoms with Gasteiger partial charge in [-0.25, -0.2) is 4.79 Å². The highest BCUT2D eigenvalue weighted by molar-refractivity contribution is 5.91. The fourth-order valence-corrected chi connectivity index (χ4v) is 2.72. The zero-order valence-corrected chi connectivity index (χ0v) is 15.6. The first-order valence-corrected chi connectivity index (χ1v) is 9.11. The maximum absolute atomic E-state index is 12.3. The van der Waals surface area contributed by atoms with Crippen molar-refractivity contribution in [3.63, 3.8) is 0 Å². The average Bonchev–Trinajstić information content (AvgIpc) is 3.40. The van der Waals surface area contributed by atoms with Crippen molar-refractivity contribution in [2.45, 2.75) is 32.4 Å². The van der Waals surface area contributed by atoms with Gasteiger partial charge in [0.2, 0.25) is 5.82 Å². The molecule has 1 saturated carbocycles. The number of nitrogens with zero attached hydrogens (tertiary/aromatic N) is 3. The SMILES string of the molecule is Cc1ccc(-c2nc(COC(=O)c3ccc(NC4CC4)c([N+](=O)[O-])c3)no2)cc1. The minimum absolute atomic E-state index is 0.0836. The Labute approximate surface area is 165 Å². The number of nitro benzene ring substituents is 1. The second kappa shape index (κ2) is 7.70. The number of ether oxygens (including phenoxy) is 1. The van der Waals surface area contributed by atoms with Gasteiger partial charge in [-0.2, -0.15) is 4.98 Å². The fraction of sp³-hybridized carbons (Fsp3) is 0.250. The molecule has 0 aliphatic heterocycles. The van der Waals surface area contributed by atoms with E-state index in [2.05, 4.69) is 15.5 Å². The van der Waals surface area contributed by atoms with Crippen LogP contribution in [0.4, 0.5) is 11.4 Å². The molecule has 1 aliphatic carbocycles. The van der Waals surface area contributed by atoms with Gasteiger partial charge in [-0.3, -0.25) is 10.1 Å². The van der Waals surface area contributed by atoms with Crippen LogP contribution in [0, 0.1) is 17.0 Å². The molecular weight excluding hydrogens is 376 g/mol. The molecule has 0 radical (unpaired) electrons. The highest BCUT2D eigenvalue weighted by Gasteiger charge is 2.26. The third kappa shape index (κ3) is 4.40. The van der Waals surface area contributed by atoms with Crippen LogP contribution in [-0.4, -0.2) is 27.1 Å². The number of aryl methyl sites for hydroxylation is 1. The lowest BCUT2D eigenvalue weighted by Crippen LogP contribution is -2.09. The first-order chi connectivity index (χ1) is 14.0. The van der Waals surface area contributed by atoms with E-state index >= 15 is 0 Å². The van der Waals surface area contributed by atoms with Crippen molar-refractivity contribution in [2.24, 2.45) is 0 Å². The maximum Gasteiger partial charge on any atom is 0.338 e. The van der Waals surface area contributed by atoms with Gasteiger partial charge in [0, 0.05) is 17.7 Å². The molecule has 2 aromatic carbocycles. The molecule has 1 aromatic heterocycles. The quantitative estimate of drug-likeness (QED) is 0.364. The number of hydrogen-bond acceptors (Lipinski definition) is 8. The van der Waals surface area contributed by atoms with Crippen LogP contribution in [0.1, 0.15) is 34.6 Å². The summed E-state index contributed by atoms with van der Waals surface area (Å²) in [6.45, 7) is 1.77. The Morgan fingerprint density at radius 1 is 1.28 bits per heavy atom. The topological polar surface area (TPSA) is 120 Å². The van der Waals surface area contributed by atoms with Crippen molar-refractivity contribution >= 4 is 17.3 Å². The Morgan fingerprint density at radius 3 is 2.72 bits per heavy atom. The van der Waals surface area contributed by atoms with Crippen LogP contribution < -0.4 is 5.32 Å². The zero-order chi connectivity index (χ0) is 20.4. The number of nitro groups is 1. The van der Waals surface area contributed by atoms with E-state index in [1.54, 1.807) is 0 Å². The van der Waals surface area contributed by atoms with E-state index in [0.717, 1.165) is 24.0 Å². The van der Waals surface area contributed by atoms with Crippen LogP contribution in [0.15, 0.2) is 47.0 Å². The standard InChI is InChI=1S/C20H18N4O5/c1-12-2-4-13(5-3-12)19-22-18(23-29-19)11-28-20(25)14-6-9-16(21-15-7-8-15)17(10-14)24(26)27/h2-6,9-10,15,21H,7-8,11H2,1H3. The molecule has 9 heteroatoms. The lowest BCUT2D eigenvalue weighted by atomic mass is 10.1. The Balaban J connectivity index is 1.42. The second-order valence-corrected chi connectivity index (χ2v) is 6.87. The van der Waals surface area contributed by atoms with Gasteiger partial charge < -0.3 is 14.6 Å². The van der Waals surface area contributed by atoms with Gasteiger partial charge in [0.1, 0.15) is 5.69 Å². The van der Waals surface area contributed by atoms with Crippen LogP contribution in [0.5, 0.6) is 0 Å². The van der Waals surface area contributed by atoms with Crippen molar-refractivity contribution in [3.05, 3.63) is 69.5 Å². The number of rotatable bonds is 7. The molecule has 1 fully saturated rings. The number of carbonyl (C=O) groups excluding carboxylic acids is 1. The number of anilines is 1. The van der Waals surface area contributed by atoms with Crippen molar-refractivity contribution < 1.29 is 19.0 Å². The fourth-order valence-electron chi connectivity index (χ4n) is 2.72. The molecule has 29 heavy (non-hydrogen) atoms. The summed E-state index contributed by atoms with van der Waals surface area (Å²) in [6, 6.07) is 12.0. The summed E-state index contributed by atoms with van der Waals surface area (Å²) < 4.78 is 10.4. The van der Waals surface area contributed by atoms with Crippen molar-refractivity contribution in [1.82, 2.24) is 10.1 Å². The van der Waals surface area contributed by atoms with Crippen LogP contribution in [0.2, 0.25) is 0 Å². The largest absolute Gasteiger partial charge is 0.454 e. The number of carbonyl (C=O) groups is 1. The van der Waals surface area contributed by atoms with Crippen LogP contribution in [-0.2, 0) is 11.3 Å². The first-order valence-electron chi connectivity index (χ1n) is 9.11. The van der Waals surface area contributed by atoms with Crippen LogP contribution in [0.25, 0.3) is 11.5 Å².